The van der Waals surface area contributed by atoms with Crippen LogP contribution in [0.15, 0.2) is 39.2 Å². The maximum atomic E-state index is 10.5. The number of aldehydes is 1. The highest BCUT2D eigenvalue weighted by Gasteiger charge is 2.06. The summed E-state index contributed by atoms with van der Waals surface area (Å²) in [7, 11) is 1.60. The Bertz CT molecular complexity index is 548. The topological polar surface area (TPSA) is 48.7 Å². The lowest BCUT2D eigenvalue weighted by Gasteiger charge is -2.08. The van der Waals surface area contributed by atoms with Crippen molar-refractivity contribution in [3.05, 3.63) is 46.3 Å². The number of carbonyl (C=O) groups excluding carboxylic acids is 1. The number of benzene rings is 1. The van der Waals surface area contributed by atoms with Gasteiger partial charge in [-0.3, -0.25) is 4.79 Å². The number of hydrogen-bond donors (Lipinski definition) is 0. The summed E-state index contributed by atoms with van der Waals surface area (Å²) in [6.45, 7) is 0.263. The van der Waals surface area contributed by atoms with Gasteiger partial charge >= 0.3 is 0 Å². The van der Waals surface area contributed by atoms with Gasteiger partial charge < -0.3 is 13.9 Å². The van der Waals surface area contributed by atoms with E-state index >= 15 is 0 Å². The summed E-state index contributed by atoms with van der Waals surface area (Å²) in [6.07, 6.45) is 0.660. The summed E-state index contributed by atoms with van der Waals surface area (Å²) < 4.78 is 16.7. The van der Waals surface area contributed by atoms with Gasteiger partial charge in [-0.15, -0.1) is 0 Å². The standard InChI is InChI=1S/C13H11BrO4/c1-16-9-4-5-13(12(14)6-9)17-8-11-3-2-10(7-15)18-11/h2-7H,8H2,1H3. The molecule has 2 aromatic rings. The molecular weight excluding hydrogens is 300 g/mol. The Kier molecular flexibility index (Phi) is 4.04. The molecule has 94 valence electrons. The molecule has 0 atom stereocenters. The van der Waals surface area contributed by atoms with Gasteiger partial charge in [-0.1, -0.05) is 0 Å². The molecule has 1 aromatic carbocycles. The van der Waals surface area contributed by atoms with Gasteiger partial charge in [0.05, 0.1) is 11.6 Å². The minimum absolute atomic E-state index is 0.263. The largest absolute Gasteiger partial charge is 0.497 e. The number of rotatable bonds is 5. The van der Waals surface area contributed by atoms with Crippen molar-refractivity contribution in [1.29, 1.82) is 0 Å². The van der Waals surface area contributed by atoms with Crippen LogP contribution in [0.25, 0.3) is 0 Å². The Morgan fingerprint density at radius 2 is 2.17 bits per heavy atom. The van der Waals surface area contributed by atoms with E-state index in [1.165, 1.54) is 0 Å². The maximum absolute atomic E-state index is 10.5. The third kappa shape index (κ3) is 2.92. The molecule has 1 aromatic heterocycles. The molecule has 0 N–H and O–H groups in total. The van der Waals surface area contributed by atoms with Crippen LogP contribution in [-0.2, 0) is 6.61 Å². The molecule has 0 aliphatic heterocycles. The summed E-state index contributed by atoms with van der Waals surface area (Å²) in [5.74, 6) is 2.32. The molecular formula is C13H11BrO4. The van der Waals surface area contributed by atoms with Crippen LogP contribution in [0.5, 0.6) is 11.5 Å². The first kappa shape index (κ1) is 12.7. The first-order valence-corrected chi connectivity index (χ1v) is 6.02. The number of furan rings is 1. The lowest BCUT2D eigenvalue weighted by molar-refractivity contribution is 0.109. The Morgan fingerprint density at radius 1 is 1.33 bits per heavy atom. The van der Waals surface area contributed by atoms with Crippen molar-refractivity contribution in [2.24, 2.45) is 0 Å². The summed E-state index contributed by atoms with van der Waals surface area (Å²) in [4.78, 5) is 10.5. The lowest BCUT2D eigenvalue weighted by atomic mass is 10.3. The van der Waals surface area contributed by atoms with Crippen LogP contribution >= 0.6 is 15.9 Å². The van der Waals surface area contributed by atoms with Crippen LogP contribution in [0, 0.1) is 0 Å². The normalized spacial score (nSPS) is 10.1. The van der Waals surface area contributed by atoms with E-state index in [1.807, 2.05) is 6.07 Å². The zero-order valence-corrected chi connectivity index (χ0v) is 11.3. The Labute approximate surface area is 113 Å². The highest BCUT2D eigenvalue weighted by Crippen LogP contribution is 2.29. The van der Waals surface area contributed by atoms with Gasteiger partial charge in [-0.25, -0.2) is 0 Å². The predicted octanol–water partition coefficient (Wildman–Crippen LogP) is 3.44. The zero-order valence-electron chi connectivity index (χ0n) is 9.68. The van der Waals surface area contributed by atoms with Crippen molar-refractivity contribution in [1.82, 2.24) is 0 Å². The first-order valence-electron chi connectivity index (χ1n) is 5.23. The quantitative estimate of drug-likeness (QED) is 0.794. The summed E-state index contributed by atoms with van der Waals surface area (Å²) in [6, 6.07) is 8.73. The maximum Gasteiger partial charge on any atom is 0.185 e. The van der Waals surface area contributed by atoms with Crippen LogP contribution < -0.4 is 9.47 Å². The second-order valence-electron chi connectivity index (χ2n) is 3.51. The van der Waals surface area contributed by atoms with E-state index in [0.29, 0.717) is 23.6 Å². The Morgan fingerprint density at radius 3 is 2.78 bits per heavy atom. The predicted molar refractivity (Wildman–Crippen MR) is 69.1 cm³/mol. The second-order valence-corrected chi connectivity index (χ2v) is 4.36. The monoisotopic (exact) mass is 310 g/mol. The van der Waals surface area contributed by atoms with Gasteiger partial charge in [0.25, 0.3) is 0 Å². The molecule has 1 heterocycles. The fourth-order valence-electron chi connectivity index (χ4n) is 1.41. The minimum Gasteiger partial charge on any atom is -0.497 e. The first-order chi connectivity index (χ1) is 8.72. The molecule has 0 bridgehead atoms. The Hall–Kier alpha value is -1.75. The molecule has 0 saturated heterocycles. The molecule has 5 heteroatoms. The highest BCUT2D eigenvalue weighted by atomic mass is 79.9. The van der Waals surface area contributed by atoms with Gasteiger partial charge in [0, 0.05) is 0 Å². The van der Waals surface area contributed by atoms with Crippen molar-refractivity contribution in [2.45, 2.75) is 6.61 Å². The van der Waals surface area contributed by atoms with Crippen LogP contribution in [0.2, 0.25) is 0 Å². The molecule has 0 unspecified atom stereocenters. The van der Waals surface area contributed by atoms with Gasteiger partial charge in [0.15, 0.2) is 12.0 Å². The molecule has 0 radical (unpaired) electrons. The molecule has 0 aliphatic carbocycles. The number of hydrogen-bond acceptors (Lipinski definition) is 4. The molecule has 18 heavy (non-hydrogen) atoms. The van der Waals surface area contributed by atoms with E-state index < -0.39 is 0 Å². The smallest absolute Gasteiger partial charge is 0.185 e. The SMILES string of the molecule is COc1ccc(OCc2ccc(C=O)o2)c(Br)c1. The van der Waals surface area contributed by atoms with Crippen LogP contribution in [0.1, 0.15) is 16.3 Å². The summed E-state index contributed by atoms with van der Waals surface area (Å²) in [5, 5.41) is 0. The number of methoxy groups -OCH3 is 1. The third-order valence-electron chi connectivity index (χ3n) is 2.31. The van der Waals surface area contributed by atoms with Gasteiger partial charge in [0.2, 0.25) is 0 Å². The lowest BCUT2D eigenvalue weighted by Crippen LogP contribution is -1.95. The zero-order chi connectivity index (χ0) is 13.0. The van der Waals surface area contributed by atoms with E-state index in [-0.39, 0.29) is 6.61 Å². The van der Waals surface area contributed by atoms with Crippen molar-refractivity contribution in [3.63, 3.8) is 0 Å². The van der Waals surface area contributed by atoms with Gasteiger partial charge in [-0.2, -0.15) is 0 Å². The molecule has 2 rings (SSSR count). The molecule has 0 fully saturated rings. The molecule has 0 spiro atoms. The fourth-order valence-corrected chi connectivity index (χ4v) is 1.88. The Balaban J connectivity index is 2.03. The minimum atomic E-state index is 0.263. The van der Waals surface area contributed by atoms with Crippen LogP contribution in [0.4, 0.5) is 0 Å². The number of ether oxygens (including phenoxy) is 2. The van der Waals surface area contributed by atoms with Crippen LogP contribution in [-0.4, -0.2) is 13.4 Å². The summed E-state index contributed by atoms with van der Waals surface area (Å²) in [5.41, 5.74) is 0. The average molecular weight is 311 g/mol. The second kappa shape index (κ2) is 5.73. The number of carbonyl (C=O) groups is 1. The van der Waals surface area contributed by atoms with Crippen molar-refractivity contribution in [3.8, 4) is 11.5 Å². The van der Waals surface area contributed by atoms with Crippen LogP contribution in [0.3, 0.4) is 0 Å². The molecule has 0 saturated carbocycles. The fraction of sp³-hybridized carbons (Fsp3) is 0.154. The summed E-state index contributed by atoms with van der Waals surface area (Å²) >= 11 is 3.39. The highest BCUT2D eigenvalue weighted by molar-refractivity contribution is 9.10. The van der Waals surface area contributed by atoms with Gasteiger partial charge in [0.1, 0.15) is 23.9 Å². The molecule has 0 amide bonds. The van der Waals surface area contributed by atoms with E-state index in [1.54, 1.807) is 31.4 Å². The average Bonchev–Trinajstić information content (AvgIpc) is 2.85. The van der Waals surface area contributed by atoms with Crippen molar-refractivity contribution in [2.75, 3.05) is 7.11 Å². The van der Waals surface area contributed by atoms with Crippen molar-refractivity contribution >= 4 is 22.2 Å². The molecule has 4 nitrogen and oxygen atoms in total. The van der Waals surface area contributed by atoms with Gasteiger partial charge in [-0.05, 0) is 46.3 Å². The molecule has 0 aliphatic rings. The van der Waals surface area contributed by atoms with E-state index in [0.717, 1.165) is 10.2 Å². The van der Waals surface area contributed by atoms with E-state index in [4.69, 9.17) is 13.9 Å². The third-order valence-corrected chi connectivity index (χ3v) is 2.93. The van der Waals surface area contributed by atoms with Crippen molar-refractivity contribution < 1.29 is 18.7 Å². The van der Waals surface area contributed by atoms with E-state index in [9.17, 15) is 4.79 Å². The van der Waals surface area contributed by atoms with E-state index in [2.05, 4.69) is 15.9 Å². The number of halogens is 1.